The summed E-state index contributed by atoms with van der Waals surface area (Å²) < 4.78 is 0. The Kier molecular flexibility index (Phi) is 2.41. The Hall–Kier alpha value is -1.10. The minimum absolute atomic E-state index is 0.361. The van der Waals surface area contributed by atoms with Gasteiger partial charge in [-0.3, -0.25) is 4.98 Å². The lowest BCUT2D eigenvalue weighted by molar-refractivity contribution is 0.425. The molecule has 1 aromatic heterocycles. The molecule has 0 atom stereocenters. The van der Waals surface area contributed by atoms with Gasteiger partial charge in [0, 0.05) is 17.0 Å². The summed E-state index contributed by atoms with van der Waals surface area (Å²) in [6.45, 7) is 0. The molecule has 0 bridgehead atoms. The van der Waals surface area contributed by atoms with Gasteiger partial charge >= 0.3 is 7.12 Å². The van der Waals surface area contributed by atoms with E-state index in [2.05, 4.69) is 4.98 Å². The van der Waals surface area contributed by atoms with Crippen LogP contribution < -0.4 is 5.46 Å². The molecule has 3 nitrogen and oxygen atoms in total. The Morgan fingerprint density at radius 2 is 2.07 bits per heavy atom. The fourth-order valence-electron chi connectivity index (χ4n) is 1.28. The fourth-order valence-corrected chi connectivity index (χ4v) is 1.51. The van der Waals surface area contributed by atoms with Crippen LogP contribution in [0.15, 0.2) is 30.5 Å². The smallest absolute Gasteiger partial charge is 0.423 e. The minimum atomic E-state index is -1.49. The first-order chi connectivity index (χ1) is 6.68. The third-order valence-electron chi connectivity index (χ3n) is 1.98. The maximum Gasteiger partial charge on any atom is 0.490 e. The molecule has 14 heavy (non-hydrogen) atoms. The molecule has 0 spiro atoms. The van der Waals surface area contributed by atoms with Gasteiger partial charge in [-0.1, -0.05) is 29.8 Å². The predicted octanol–water partition coefficient (Wildman–Crippen LogP) is 0.568. The highest BCUT2D eigenvalue weighted by Gasteiger charge is 2.12. The monoisotopic (exact) mass is 207 g/mol. The van der Waals surface area contributed by atoms with Crippen LogP contribution in [0.5, 0.6) is 0 Å². The van der Waals surface area contributed by atoms with Crippen molar-refractivity contribution in [2.24, 2.45) is 0 Å². The van der Waals surface area contributed by atoms with Crippen molar-refractivity contribution < 1.29 is 10.0 Å². The maximum absolute atomic E-state index is 8.94. The second-order valence-electron chi connectivity index (χ2n) is 2.95. The van der Waals surface area contributed by atoms with Crippen LogP contribution in [0.1, 0.15) is 0 Å². The van der Waals surface area contributed by atoms with Crippen LogP contribution in [0.25, 0.3) is 10.9 Å². The van der Waals surface area contributed by atoms with Crippen LogP contribution >= 0.6 is 11.6 Å². The third kappa shape index (κ3) is 1.59. The molecule has 0 fully saturated rings. The molecule has 2 aromatic rings. The van der Waals surface area contributed by atoms with E-state index >= 15 is 0 Å². The zero-order chi connectivity index (χ0) is 10.1. The number of hydrogen-bond donors (Lipinski definition) is 2. The molecule has 2 N–H and O–H groups in total. The molecule has 0 aliphatic heterocycles. The van der Waals surface area contributed by atoms with Crippen molar-refractivity contribution in [2.45, 2.75) is 0 Å². The van der Waals surface area contributed by atoms with E-state index in [1.807, 2.05) is 6.07 Å². The summed E-state index contributed by atoms with van der Waals surface area (Å²) in [5.41, 5.74) is 1.03. The van der Waals surface area contributed by atoms with Gasteiger partial charge in [0.1, 0.15) is 0 Å². The summed E-state index contributed by atoms with van der Waals surface area (Å²) in [5, 5.41) is 19.2. The fraction of sp³-hybridized carbons (Fsp3) is 0. The van der Waals surface area contributed by atoms with Crippen molar-refractivity contribution >= 4 is 35.1 Å². The van der Waals surface area contributed by atoms with Gasteiger partial charge in [0.05, 0.1) is 10.5 Å². The van der Waals surface area contributed by atoms with Crippen molar-refractivity contribution in [2.75, 3.05) is 0 Å². The summed E-state index contributed by atoms with van der Waals surface area (Å²) in [6, 6.07) is 7.00. The van der Waals surface area contributed by atoms with Crippen molar-refractivity contribution in [3.05, 3.63) is 35.5 Å². The molecular weight excluding hydrogens is 200 g/mol. The van der Waals surface area contributed by atoms with Crippen LogP contribution in [0.3, 0.4) is 0 Å². The predicted molar refractivity (Wildman–Crippen MR) is 56.6 cm³/mol. The second kappa shape index (κ2) is 3.57. The topological polar surface area (TPSA) is 53.4 Å². The highest BCUT2D eigenvalue weighted by Crippen LogP contribution is 2.19. The molecule has 0 unspecified atom stereocenters. The van der Waals surface area contributed by atoms with Crippen molar-refractivity contribution in [1.29, 1.82) is 0 Å². The summed E-state index contributed by atoms with van der Waals surface area (Å²) in [6.07, 6.45) is 1.40. The molecule has 1 aromatic carbocycles. The van der Waals surface area contributed by atoms with E-state index < -0.39 is 7.12 Å². The molecule has 0 aliphatic carbocycles. The second-order valence-corrected chi connectivity index (χ2v) is 3.36. The molecule has 0 radical (unpaired) electrons. The molecule has 0 saturated heterocycles. The van der Waals surface area contributed by atoms with Crippen molar-refractivity contribution in [1.82, 2.24) is 4.98 Å². The van der Waals surface area contributed by atoms with Crippen LogP contribution in [0.4, 0.5) is 0 Å². The van der Waals surface area contributed by atoms with Crippen molar-refractivity contribution in [3.8, 4) is 0 Å². The van der Waals surface area contributed by atoms with Gasteiger partial charge < -0.3 is 10.0 Å². The van der Waals surface area contributed by atoms with Gasteiger partial charge in [0.15, 0.2) is 0 Å². The number of pyridine rings is 1. The Bertz CT molecular complexity index is 475. The minimum Gasteiger partial charge on any atom is -0.423 e. The number of rotatable bonds is 1. The zero-order valence-corrected chi connectivity index (χ0v) is 7.94. The van der Waals surface area contributed by atoms with Gasteiger partial charge in [0.25, 0.3) is 0 Å². The van der Waals surface area contributed by atoms with Crippen LogP contribution in [0.2, 0.25) is 5.02 Å². The number of benzene rings is 1. The van der Waals surface area contributed by atoms with Crippen molar-refractivity contribution in [3.63, 3.8) is 0 Å². The molecule has 0 aliphatic rings. The van der Waals surface area contributed by atoms with Gasteiger partial charge in [0.2, 0.25) is 0 Å². The van der Waals surface area contributed by atoms with Gasteiger partial charge in [-0.25, -0.2) is 0 Å². The Morgan fingerprint density at radius 1 is 1.29 bits per heavy atom. The first kappa shape index (κ1) is 9.46. The Labute approximate surface area is 86.1 Å². The van der Waals surface area contributed by atoms with E-state index in [4.69, 9.17) is 21.6 Å². The molecule has 0 amide bonds. The molecule has 5 heteroatoms. The van der Waals surface area contributed by atoms with Crippen LogP contribution in [-0.2, 0) is 0 Å². The Balaban J connectivity index is 2.67. The normalized spacial score (nSPS) is 10.5. The van der Waals surface area contributed by atoms with Crippen LogP contribution in [-0.4, -0.2) is 22.2 Å². The molecule has 70 valence electrons. The SMILES string of the molecule is OB(O)c1cnc2c(Cl)cccc2c1. The largest absolute Gasteiger partial charge is 0.490 e. The van der Waals surface area contributed by atoms with E-state index in [0.29, 0.717) is 16.0 Å². The Morgan fingerprint density at radius 3 is 2.79 bits per heavy atom. The average molecular weight is 207 g/mol. The standard InChI is InChI=1S/C9H7BClNO2/c11-8-3-1-2-6-4-7(10(13)14)5-12-9(6)8/h1-5,13-14H. The van der Waals surface area contributed by atoms with Gasteiger partial charge in [-0.2, -0.15) is 0 Å². The molecule has 0 saturated carbocycles. The van der Waals surface area contributed by atoms with E-state index in [1.54, 1.807) is 18.2 Å². The average Bonchev–Trinajstić information content (AvgIpc) is 2.17. The quantitative estimate of drug-likeness (QED) is 0.672. The molecule has 1 heterocycles. The number of nitrogens with zero attached hydrogens (tertiary/aromatic N) is 1. The number of hydrogen-bond acceptors (Lipinski definition) is 3. The summed E-state index contributed by atoms with van der Waals surface area (Å²) in [5.74, 6) is 0. The highest BCUT2D eigenvalue weighted by molar-refractivity contribution is 6.58. The lowest BCUT2D eigenvalue weighted by Crippen LogP contribution is -2.29. The molecular formula is C9H7BClNO2. The lowest BCUT2D eigenvalue weighted by Gasteiger charge is -2.02. The number of para-hydroxylation sites is 1. The number of halogens is 1. The van der Waals surface area contributed by atoms with E-state index in [1.165, 1.54) is 6.20 Å². The van der Waals surface area contributed by atoms with E-state index in [0.717, 1.165) is 5.39 Å². The number of aromatic nitrogens is 1. The van der Waals surface area contributed by atoms with E-state index in [9.17, 15) is 0 Å². The van der Waals surface area contributed by atoms with E-state index in [-0.39, 0.29) is 0 Å². The first-order valence-electron chi connectivity index (χ1n) is 4.09. The van der Waals surface area contributed by atoms with Gasteiger partial charge in [-0.05, 0) is 6.07 Å². The maximum atomic E-state index is 8.94. The lowest BCUT2D eigenvalue weighted by atomic mass is 9.81. The first-order valence-corrected chi connectivity index (χ1v) is 4.46. The van der Waals surface area contributed by atoms with Gasteiger partial charge in [-0.15, -0.1) is 0 Å². The summed E-state index contributed by atoms with van der Waals surface area (Å²) in [7, 11) is -1.49. The molecule has 2 rings (SSSR count). The third-order valence-corrected chi connectivity index (χ3v) is 2.29. The summed E-state index contributed by atoms with van der Waals surface area (Å²) in [4.78, 5) is 4.05. The zero-order valence-electron chi connectivity index (χ0n) is 7.18. The summed E-state index contributed by atoms with van der Waals surface area (Å²) >= 11 is 5.90. The van der Waals surface area contributed by atoms with Crippen LogP contribution in [0, 0.1) is 0 Å². The number of fused-ring (bicyclic) bond motifs is 1. The highest BCUT2D eigenvalue weighted by atomic mass is 35.5.